The average Bonchev–Trinajstić information content (AvgIpc) is 1.62. The number of aliphatic hydroxyl groups is 3. The van der Waals surface area contributed by atoms with Crippen LogP contribution in [0.15, 0.2) is 106 Å². The van der Waals surface area contributed by atoms with Crippen LogP contribution < -0.4 is 120 Å². The number of aliphatic imine (C=N–C) groups is 3. The summed E-state index contributed by atoms with van der Waals surface area (Å²) in [6, 6.07) is 19.3. The van der Waals surface area contributed by atoms with Gasteiger partial charge in [0.15, 0.2) is 7.14 Å². The normalized spacial score (nSPS) is 35.3. The van der Waals surface area contributed by atoms with Gasteiger partial charge >= 0.3 is 107 Å². The van der Waals surface area contributed by atoms with Gasteiger partial charge < -0.3 is 64.4 Å². The first-order valence-electron chi connectivity index (χ1n) is 53.9. The molecule has 0 spiro atoms. The van der Waals surface area contributed by atoms with Gasteiger partial charge in [-0.1, -0.05) is 114 Å². The van der Waals surface area contributed by atoms with Crippen LogP contribution in [0.3, 0.4) is 0 Å². The zero-order chi connectivity index (χ0) is 104. The molecule has 12 aliphatic carbocycles. The van der Waals surface area contributed by atoms with E-state index in [2.05, 4.69) is 108 Å². The molecule has 18 rings (SSSR count). The van der Waals surface area contributed by atoms with Crippen LogP contribution in [-0.4, -0.2) is 190 Å². The molecule has 800 valence electrons. The second-order valence-corrected chi connectivity index (χ2v) is 55.4. The van der Waals surface area contributed by atoms with E-state index in [0.717, 1.165) is 154 Å². The zero-order valence-corrected chi connectivity index (χ0v) is 98.2. The maximum absolute atomic E-state index is 16.5. The van der Waals surface area contributed by atoms with Crippen molar-refractivity contribution in [3.05, 3.63) is 125 Å². The van der Waals surface area contributed by atoms with Crippen LogP contribution in [-0.2, 0) is 69.0 Å². The maximum atomic E-state index is 16.5. The van der Waals surface area contributed by atoms with Gasteiger partial charge in [0.1, 0.15) is 36.9 Å². The molecule has 0 aliphatic heterocycles. The monoisotopic (exact) mass is 2160 g/mol. The molecular weight excluding hydrogens is 2010 g/mol. The van der Waals surface area contributed by atoms with Crippen LogP contribution in [0, 0.1) is 139 Å². The number of carbonyl (C=O) groups excluding carboxylic acids is 3. The van der Waals surface area contributed by atoms with Gasteiger partial charge in [-0.05, 0) is 386 Å². The van der Waals surface area contributed by atoms with Crippen molar-refractivity contribution in [1.29, 1.82) is 0 Å². The third-order valence-electron chi connectivity index (χ3n) is 41.1. The van der Waals surface area contributed by atoms with Crippen molar-refractivity contribution in [1.82, 2.24) is 45.0 Å². The third-order valence-corrected chi connectivity index (χ3v) is 46.3. The number of esters is 3. The number of nitrogens with zero attached hydrogens (tertiary/aromatic N) is 12. The fourth-order valence-electron chi connectivity index (χ4n) is 33.2. The topological polar surface area (TPSA) is 518 Å². The molecular formula is C108H150N12Na3O22PS3. The molecule has 41 heteroatoms. The first-order valence-corrected chi connectivity index (χ1v) is 60.4. The van der Waals surface area contributed by atoms with Gasteiger partial charge in [0.2, 0.25) is 0 Å². The van der Waals surface area contributed by atoms with Gasteiger partial charge in [-0.3, -0.25) is 13.7 Å². The van der Waals surface area contributed by atoms with Gasteiger partial charge in [0.05, 0.1) is 109 Å². The summed E-state index contributed by atoms with van der Waals surface area (Å²) in [6.07, 6.45) is 29.1. The Morgan fingerprint density at radius 1 is 0.389 bits per heavy atom. The molecule has 0 unspecified atom stereocenters. The van der Waals surface area contributed by atoms with Crippen LogP contribution in [0.5, 0.6) is 0 Å². The first-order chi connectivity index (χ1) is 69.2. The summed E-state index contributed by atoms with van der Waals surface area (Å²) < 4.78 is 135. The number of carbonyl (C=O) groups is 3. The summed E-state index contributed by atoms with van der Waals surface area (Å²) in [4.78, 5) is 53.9. The molecule has 12 saturated carbocycles. The predicted octanol–water partition coefficient (Wildman–Crippen LogP) is 3.88. The molecule has 3 aromatic carbocycles. The molecule has 12 aliphatic rings. The molecule has 34 nitrogen and oxygen atoms in total. The maximum Gasteiger partial charge on any atom is 1.00 e. The summed E-state index contributed by atoms with van der Waals surface area (Å²) in [6.45, 7) is 19.3. The number of ether oxygens (including phenoxy) is 3. The third kappa shape index (κ3) is 24.1. The van der Waals surface area contributed by atoms with Crippen LogP contribution in [0.2, 0.25) is 0 Å². The molecule has 30 atom stereocenters. The molecule has 3 aromatic heterocycles. The molecule has 6 aromatic rings. The van der Waals surface area contributed by atoms with Crippen molar-refractivity contribution in [2.75, 3.05) is 36.9 Å². The number of hydrogen-bond acceptors (Lipinski definition) is 28. The summed E-state index contributed by atoms with van der Waals surface area (Å²) >= 11 is 0. The van der Waals surface area contributed by atoms with E-state index in [1.807, 2.05) is 32.6 Å². The van der Waals surface area contributed by atoms with Gasteiger partial charge in [-0.15, -0.1) is 15.3 Å². The molecule has 149 heavy (non-hydrogen) atoms. The van der Waals surface area contributed by atoms with Crippen molar-refractivity contribution in [3.8, 4) is 0 Å². The van der Waals surface area contributed by atoms with E-state index in [0.29, 0.717) is 123 Å². The Balaban J connectivity index is 0.00000554. The van der Waals surface area contributed by atoms with E-state index < -0.39 is 91.0 Å². The fraction of sp³-hybridized carbons (Fsp3) is 0.722. The van der Waals surface area contributed by atoms with E-state index in [1.54, 1.807) is 72.8 Å². The molecule has 0 amide bonds. The van der Waals surface area contributed by atoms with Gasteiger partial charge in [-0.2, -0.15) is 25.3 Å². The second-order valence-electron chi connectivity index (χ2n) is 47.9. The van der Waals surface area contributed by atoms with Crippen molar-refractivity contribution >= 4 is 89.0 Å². The quantitative estimate of drug-likeness (QED) is 0.00618. The Kier molecular flexibility index (Phi) is 37.2. The first kappa shape index (κ1) is 118. The van der Waals surface area contributed by atoms with Crippen molar-refractivity contribution in [3.63, 3.8) is 0 Å². The SMILES string of the molecule is C[C@H](CCC([O-])=NCCS(=O)(=O)O)[C@H]1CC[C@H]2[C@@H]3CC[C@@H]4C[C@@H](n5cc(COC(=O)c6ccc(P(=O)(c7ccc(C(=O)OCc8cn([C@H]9CC[C@@]%10(C)[C@H](CC[C@@H]%11[C@@H]%10C[C@H](O)[C@]%10(C)[C@@H]([C@H](C)CCC([O-])=NCCS(=O)(=O)O)CC[C@@H]%11%10)C9)nn8)cc7)c7ccc(C(=O)OCc8cn([C@H]9CC[C@@]%10(C)[C@H](CC[C@@H]%11[C@@H]%10C[C@H](O)[C@]%10(C)[C@@H]([C@H](C)CCC([O-])=NCCS(=O)(=O)O)CC[C@@H]%11%10)C9)nn8)cc7)cc6)nn5)CC[C@]4(C)[C@H]3C[C@H](O)[C@]12C.[Na+].[Na+].[Na+]. The number of fused-ring (bicyclic) bond motifs is 15. The second kappa shape index (κ2) is 47.1. The van der Waals surface area contributed by atoms with E-state index in [9.17, 15) is 70.3 Å². The Morgan fingerprint density at radius 2 is 0.644 bits per heavy atom. The number of aromatic nitrogens is 9. The number of rotatable bonds is 36. The minimum atomic E-state index is -4.22. The molecule has 0 radical (unpaired) electrons. The fourth-order valence-corrected chi connectivity index (χ4v) is 36.7. The Labute approximate surface area is 943 Å². The van der Waals surface area contributed by atoms with Gasteiger partial charge in [0.25, 0.3) is 30.4 Å². The summed E-state index contributed by atoms with van der Waals surface area (Å²) in [5.41, 5.74) is 1.14. The predicted molar refractivity (Wildman–Crippen MR) is 542 cm³/mol. The van der Waals surface area contributed by atoms with Crippen LogP contribution in [0.1, 0.15) is 321 Å². The van der Waals surface area contributed by atoms with Gasteiger partial charge in [0, 0.05) is 15.9 Å². The van der Waals surface area contributed by atoms with Gasteiger partial charge in [-0.25, -0.2) is 28.4 Å². The molecule has 12 fully saturated rings. The Morgan fingerprint density at radius 3 is 0.893 bits per heavy atom. The van der Waals surface area contributed by atoms with Crippen molar-refractivity contribution in [2.24, 2.45) is 154 Å². The molecule has 0 saturated heterocycles. The number of hydrogen-bond donors (Lipinski definition) is 6. The average molecular weight is 2160 g/mol. The van der Waals surface area contributed by atoms with Crippen molar-refractivity contribution < 1.29 is 191 Å². The van der Waals surface area contributed by atoms with Crippen LogP contribution in [0.4, 0.5) is 0 Å². The summed E-state index contributed by atoms with van der Waals surface area (Å²) in [5, 5.41) is 103. The molecule has 3 heterocycles. The minimum absolute atomic E-state index is 0. The number of aliphatic hydroxyl groups excluding tert-OH is 3. The van der Waals surface area contributed by atoms with E-state index in [1.165, 1.54) is 0 Å². The van der Waals surface area contributed by atoms with Crippen LogP contribution in [0.25, 0.3) is 0 Å². The zero-order valence-electron chi connectivity index (χ0n) is 88.8. The summed E-state index contributed by atoms with van der Waals surface area (Å²) in [5.74, 6) is 1.01. The minimum Gasteiger partial charge on any atom is -0.862 e. The summed E-state index contributed by atoms with van der Waals surface area (Å²) in [7, 11) is -16.6. The van der Waals surface area contributed by atoms with E-state index in [-0.39, 0.29) is 268 Å². The molecule has 0 bridgehead atoms. The standard InChI is InChI=1S/C108H153N12O22PS3.3Na/c1-64(10-37-97(124)109-46-49-144(131,132)133)85-31-34-88-82-28-19-70-52-76(40-43-103(70,4)91(82)55-94(121)106(85,88)7)118-58-73(112-115-118)61-140-100(127)67-13-22-79(23-14-67)143(130,80-24-15-68(16-25-80)101(128)141-62-74-59-119(116-113-74)77-41-44-104(5)71(53-77)20-29-83-89-35-32-86(107(89,8)95(122)56-92(83)104)65(2)11-38-98(125)110-47-50-145(134,135)136)81-26-17-69(18-27-81)102(129)142-63-75-60-120(117-114-75)78-42-45-105(6)72(54-78)21-30-84-90-36-33-87(108(90,9)96(123)57-93(84)105)66(3)12-39-99(126)111-48-51-146(137,138)139;;;/h13-18,22-27,58-60,64-66,70-72,76-78,82-96,121-123H,10-12,19-21,28-57,61-63H2,1-9H3,(H,109,124)(H,110,125)(H,111,126)(H,131,132,133)(H,134,135,136)(H,137,138,139);;;/q;3*+1/p-3/t64-,65-,66-,70-,71-,72-,76+,77+,78+,82+,83+,84+,85-,86-,87-,88+,89+,90+,91+,92+,93+,94+,95+,96+,103+,104+,105+,106-,107-,108-;;;/m1.../s1. The van der Waals surface area contributed by atoms with E-state index >= 15 is 4.57 Å². The van der Waals surface area contributed by atoms with Crippen LogP contribution >= 0.6 is 7.14 Å². The smallest absolute Gasteiger partial charge is 0.862 e. The van der Waals surface area contributed by atoms with Crippen molar-refractivity contribution in [2.45, 2.75) is 311 Å². The molecule has 6 N–H and O–H groups in total. The van der Waals surface area contributed by atoms with E-state index in [4.69, 9.17) is 27.9 Å². The number of benzene rings is 3. The Bertz CT molecular complexity index is 5660. The Hall–Kier alpha value is -5.26. The largest absolute Gasteiger partial charge is 1.00 e.